The lowest BCUT2D eigenvalue weighted by Crippen LogP contribution is -2.36. The second-order valence-electron chi connectivity index (χ2n) is 6.40. The lowest BCUT2D eigenvalue weighted by molar-refractivity contribution is -0.130. The number of carbonyl (C=O) groups is 1. The highest BCUT2D eigenvalue weighted by molar-refractivity contribution is 5.79. The molecule has 1 fully saturated rings. The first-order valence-corrected chi connectivity index (χ1v) is 8.67. The highest BCUT2D eigenvalue weighted by Crippen LogP contribution is 2.21. The number of amides is 1. The number of methoxy groups -OCH3 is 1. The van der Waals surface area contributed by atoms with Gasteiger partial charge in [-0.15, -0.1) is 0 Å². The molecule has 0 radical (unpaired) electrons. The number of aromatic nitrogens is 1. The molecule has 2 aromatic rings. The Morgan fingerprint density at radius 2 is 1.92 bits per heavy atom. The van der Waals surface area contributed by atoms with Crippen LogP contribution in [0.25, 0.3) is 0 Å². The van der Waals surface area contributed by atoms with E-state index in [0.717, 1.165) is 55.4 Å². The zero-order valence-corrected chi connectivity index (χ0v) is 15.1. The molecule has 0 bridgehead atoms. The van der Waals surface area contributed by atoms with Crippen molar-refractivity contribution in [2.24, 2.45) is 0 Å². The van der Waals surface area contributed by atoms with Gasteiger partial charge in [0.2, 0.25) is 5.91 Å². The van der Waals surface area contributed by atoms with Gasteiger partial charge in [-0.05, 0) is 44.5 Å². The van der Waals surface area contributed by atoms with Crippen molar-refractivity contribution >= 4 is 11.6 Å². The predicted molar refractivity (Wildman–Crippen MR) is 96.1 cm³/mol. The van der Waals surface area contributed by atoms with Gasteiger partial charge in [0.25, 0.3) is 0 Å². The molecule has 0 spiro atoms. The molecular weight excluding hydrogens is 318 g/mol. The van der Waals surface area contributed by atoms with Gasteiger partial charge in [-0.25, -0.2) is 0 Å². The third-order valence-corrected chi connectivity index (χ3v) is 4.80. The highest BCUT2D eigenvalue weighted by atomic mass is 16.5. The molecule has 1 aliphatic heterocycles. The van der Waals surface area contributed by atoms with Crippen LogP contribution in [-0.4, -0.2) is 49.3 Å². The molecule has 0 atom stereocenters. The normalized spacial score (nSPS) is 15.2. The van der Waals surface area contributed by atoms with Crippen LogP contribution in [0.2, 0.25) is 0 Å². The average molecular weight is 343 g/mol. The van der Waals surface area contributed by atoms with Crippen LogP contribution >= 0.6 is 0 Å². The Balaban J connectivity index is 1.61. The van der Waals surface area contributed by atoms with E-state index in [1.54, 1.807) is 7.11 Å². The number of benzene rings is 1. The minimum atomic E-state index is 0.144. The lowest BCUT2D eigenvalue weighted by atomic mass is 10.1. The standard InChI is InChI=1S/C19H25N3O3/c1-14-18(15(2)25-20-14)13-19(23)22-10-4-9-21(11-12-22)16-5-7-17(24-3)8-6-16/h5-8H,4,9-13H2,1-3H3. The average Bonchev–Trinajstić information content (AvgIpc) is 2.84. The van der Waals surface area contributed by atoms with Gasteiger partial charge < -0.3 is 19.1 Å². The van der Waals surface area contributed by atoms with E-state index in [9.17, 15) is 4.79 Å². The van der Waals surface area contributed by atoms with Gasteiger partial charge in [-0.1, -0.05) is 5.16 Å². The maximum Gasteiger partial charge on any atom is 0.227 e. The fraction of sp³-hybridized carbons (Fsp3) is 0.474. The first-order chi connectivity index (χ1) is 12.1. The molecule has 1 amide bonds. The second kappa shape index (κ2) is 7.59. The van der Waals surface area contributed by atoms with Crippen molar-refractivity contribution in [3.63, 3.8) is 0 Å². The highest BCUT2D eigenvalue weighted by Gasteiger charge is 2.22. The summed E-state index contributed by atoms with van der Waals surface area (Å²) < 4.78 is 10.4. The first kappa shape index (κ1) is 17.3. The van der Waals surface area contributed by atoms with E-state index >= 15 is 0 Å². The van der Waals surface area contributed by atoms with Gasteiger partial charge in [0.05, 0.1) is 19.2 Å². The molecule has 0 saturated carbocycles. The van der Waals surface area contributed by atoms with E-state index in [0.29, 0.717) is 6.42 Å². The number of hydrogen-bond acceptors (Lipinski definition) is 5. The molecule has 6 heteroatoms. The Bertz CT molecular complexity index is 705. The SMILES string of the molecule is COc1ccc(N2CCCN(C(=O)Cc3c(C)noc3C)CC2)cc1. The topological polar surface area (TPSA) is 58.8 Å². The molecule has 25 heavy (non-hydrogen) atoms. The van der Waals surface area contributed by atoms with Crippen molar-refractivity contribution < 1.29 is 14.1 Å². The Labute approximate surface area is 148 Å². The van der Waals surface area contributed by atoms with E-state index in [2.05, 4.69) is 22.2 Å². The van der Waals surface area contributed by atoms with Crippen LogP contribution in [0.4, 0.5) is 5.69 Å². The summed E-state index contributed by atoms with van der Waals surface area (Å²) >= 11 is 0. The minimum absolute atomic E-state index is 0.144. The summed E-state index contributed by atoms with van der Waals surface area (Å²) in [6, 6.07) is 8.08. The summed E-state index contributed by atoms with van der Waals surface area (Å²) in [5.74, 6) is 1.74. The van der Waals surface area contributed by atoms with Crippen molar-refractivity contribution in [2.75, 3.05) is 38.2 Å². The fourth-order valence-corrected chi connectivity index (χ4v) is 3.24. The summed E-state index contributed by atoms with van der Waals surface area (Å²) in [6.07, 6.45) is 1.32. The summed E-state index contributed by atoms with van der Waals surface area (Å²) in [6.45, 7) is 7.04. The number of anilines is 1. The quantitative estimate of drug-likeness (QED) is 0.854. The van der Waals surface area contributed by atoms with Crippen molar-refractivity contribution in [3.8, 4) is 5.75 Å². The summed E-state index contributed by atoms with van der Waals surface area (Å²) in [7, 11) is 1.67. The molecule has 1 aromatic carbocycles. The van der Waals surface area contributed by atoms with E-state index in [-0.39, 0.29) is 5.91 Å². The number of rotatable bonds is 4. The van der Waals surface area contributed by atoms with Crippen molar-refractivity contribution in [1.82, 2.24) is 10.1 Å². The zero-order valence-electron chi connectivity index (χ0n) is 15.1. The monoisotopic (exact) mass is 343 g/mol. The van der Waals surface area contributed by atoms with Crippen LogP contribution in [0.3, 0.4) is 0 Å². The largest absolute Gasteiger partial charge is 0.497 e. The Morgan fingerprint density at radius 1 is 1.16 bits per heavy atom. The molecule has 0 unspecified atom stereocenters. The van der Waals surface area contributed by atoms with E-state index in [1.165, 1.54) is 5.69 Å². The van der Waals surface area contributed by atoms with Crippen LogP contribution < -0.4 is 9.64 Å². The Kier molecular flexibility index (Phi) is 5.26. The molecule has 0 aliphatic carbocycles. The Morgan fingerprint density at radius 3 is 2.56 bits per heavy atom. The molecule has 1 aromatic heterocycles. The van der Waals surface area contributed by atoms with Gasteiger partial charge in [0.15, 0.2) is 0 Å². The summed E-state index contributed by atoms with van der Waals surface area (Å²) in [5, 5.41) is 3.93. The van der Waals surface area contributed by atoms with Gasteiger partial charge >= 0.3 is 0 Å². The fourth-order valence-electron chi connectivity index (χ4n) is 3.24. The van der Waals surface area contributed by atoms with Crippen molar-refractivity contribution in [3.05, 3.63) is 41.3 Å². The Hall–Kier alpha value is -2.50. The second-order valence-corrected chi connectivity index (χ2v) is 6.40. The molecule has 3 rings (SSSR count). The number of ether oxygens (including phenoxy) is 1. The number of hydrogen-bond donors (Lipinski definition) is 0. The van der Waals surface area contributed by atoms with Crippen LogP contribution in [0.15, 0.2) is 28.8 Å². The van der Waals surface area contributed by atoms with E-state index < -0.39 is 0 Å². The molecule has 6 nitrogen and oxygen atoms in total. The molecule has 1 saturated heterocycles. The van der Waals surface area contributed by atoms with Crippen molar-refractivity contribution in [2.45, 2.75) is 26.7 Å². The molecule has 1 aliphatic rings. The number of carbonyl (C=O) groups excluding carboxylic acids is 1. The lowest BCUT2D eigenvalue weighted by Gasteiger charge is -2.24. The zero-order chi connectivity index (χ0) is 17.8. The summed E-state index contributed by atoms with van der Waals surface area (Å²) in [5.41, 5.74) is 2.89. The van der Waals surface area contributed by atoms with Crippen LogP contribution in [0.1, 0.15) is 23.4 Å². The number of aryl methyl sites for hydroxylation is 2. The van der Waals surface area contributed by atoms with E-state index in [1.807, 2.05) is 30.9 Å². The third kappa shape index (κ3) is 3.95. The van der Waals surface area contributed by atoms with Crippen LogP contribution in [0, 0.1) is 13.8 Å². The van der Waals surface area contributed by atoms with Gasteiger partial charge in [0, 0.05) is 37.4 Å². The van der Waals surface area contributed by atoms with Gasteiger partial charge in [0.1, 0.15) is 11.5 Å². The molecule has 134 valence electrons. The molecule has 0 N–H and O–H groups in total. The molecule has 2 heterocycles. The third-order valence-electron chi connectivity index (χ3n) is 4.80. The van der Waals surface area contributed by atoms with Gasteiger partial charge in [-0.3, -0.25) is 4.79 Å². The summed E-state index contributed by atoms with van der Waals surface area (Å²) in [4.78, 5) is 16.9. The van der Waals surface area contributed by atoms with E-state index in [4.69, 9.17) is 9.26 Å². The minimum Gasteiger partial charge on any atom is -0.497 e. The van der Waals surface area contributed by atoms with Crippen LogP contribution in [-0.2, 0) is 11.2 Å². The predicted octanol–water partition coefficient (Wildman–Crippen LogP) is 2.58. The first-order valence-electron chi connectivity index (χ1n) is 8.67. The maximum atomic E-state index is 12.7. The van der Waals surface area contributed by atoms with Crippen LogP contribution in [0.5, 0.6) is 5.75 Å². The smallest absolute Gasteiger partial charge is 0.227 e. The number of nitrogens with zero attached hydrogens (tertiary/aromatic N) is 3. The molecular formula is C19H25N3O3. The van der Waals surface area contributed by atoms with Gasteiger partial charge in [-0.2, -0.15) is 0 Å². The van der Waals surface area contributed by atoms with Crippen molar-refractivity contribution in [1.29, 1.82) is 0 Å². The maximum absolute atomic E-state index is 12.7.